The summed E-state index contributed by atoms with van der Waals surface area (Å²) in [5.41, 5.74) is 0.813. The zero-order valence-corrected chi connectivity index (χ0v) is 18.5. The molecule has 12 heteroatoms. The highest BCUT2D eigenvalue weighted by molar-refractivity contribution is 6.04. The first-order valence-corrected chi connectivity index (χ1v) is 10.1. The van der Waals surface area contributed by atoms with Gasteiger partial charge in [0.1, 0.15) is 23.8 Å². The van der Waals surface area contributed by atoms with Crippen molar-refractivity contribution in [3.63, 3.8) is 0 Å². The molecule has 4 heterocycles. The molecule has 0 aliphatic heterocycles. The molecule has 0 spiro atoms. The van der Waals surface area contributed by atoms with Gasteiger partial charge in [0.15, 0.2) is 5.69 Å². The molecule has 172 valence electrons. The third-order valence-corrected chi connectivity index (χ3v) is 5.51. The molecule has 4 aromatic heterocycles. The highest BCUT2D eigenvalue weighted by atomic mass is 16.5. The molecular weight excluding hydrogens is 440 g/mol. The monoisotopic (exact) mass is 460 g/mol. The minimum absolute atomic E-state index is 0.229. The van der Waals surface area contributed by atoms with Crippen LogP contribution >= 0.6 is 0 Å². The van der Waals surface area contributed by atoms with Crippen molar-refractivity contribution in [2.24, 2.45) is 14.1 Å². The molecule has 12 nitrogen and oxygen atoms in total. The lowest BCUT2D eigenvalue weighted by Crippen LogP contribution is -2.29. The van der Waals surface area contributed by atoms with Crippen molar-refractivity contribution in [3.05, 3.63) is 81.9 Å². The van der Waals surface area contributed by atoms with Gasteiger partial charge in [-0.05, 0) is 17.2 Å². The quantitative estimate of drug-likeness (QED) is 0.435. The number of aromatic hydroxyl groups is 1. The molecule has 0 aliphatic carbocycles. The number of pyridine rings is 1. The number of rotatable bonds is 6. The lowest BCUT2D eigenvalue weighted by atomic mass is 9.81. The molecule has 0 saturated heterocycles. The van der Waals surface area contributed by atoms with Gasteiger partial charge in [-0.15, -0.1) is 0 Å². The predicted molar refractivity (Wildman–Crippen MR) is 118 cm³/mol. The van der Waals surface area contributed by atoms with Crippen molar-refractivity contribution in [2.45, 2.75) is 18.8 Å². The lowest BCUT2D eigenvalue weighted by Gasteiger charge is -2.25. The van der Waals surface area contributed by atoms with E-state index in [4.69, 9.17) is 0 Å². The minimum atomic E-state index is -0.800. The van der Waals surface area contributed by atoms with Gasteiger partial charge in [-0.25, -0.2) is 4.98 Å². The Morgan fingerprint density at radius 3 is 2.74 bits per heavy atom. The molecule has 34 heavy (non-hydrogen) atoms. The Morgan fingerprint density at radius 1 is 1.29 bits per heavy atom. The number of nitrogens with one attached hydrogen (secondary N) is 1. The summed E-state index contributed by atoms with van der Waals surface area (Å²) in [5, 5.41) is 30.3. The van der Waals surface area contributed by atoms with Gasteiger partial charge in [0.05, 0.1) is 18.0 Å². The van der Waals surface area contributed by atoms with Crippen LogP contribution in [0.5, 0.6) is 5.75 Å². The van der Waals surface area contributed by atoms with Crippen LogP contribution in [0.2, 0.25) is 0 Å². The number of aromatic nitrogens is 6. The molecule has 0 aliphatic rings. The third kappa shape index (κ3) is 4.02. The summed E-state index contributed by atoms with van der Waals surface area (Å²) in [6.45, 7) is 1.82. The summed E-state index contributed by atoms with van der Waals surface area (Å²) in [6.07, 6.45) is 8.98. The Balaban J connectivity index is 1.85. The van der Waals surface area contributed by atoms with E-state index in [0.29, 0.717) is 11.1 Å². The number of aryl methyl sites for hydroxylation is 1. The maximum atomic E-state index is 12.8. The average Bonchev–Trinajstić information content (AvgIpc) is 3.50. The number of carbonyl (C=O) groups is 1. The van der Waals surface area contributed by atoms with E-state index in [1.54, 1.807) is 36.4 Å². The first-order chi connectivity index (χ1) is 16.3. The van der Waals surface area contributed by atoms with Crippen LogP contribution in [-0.2, 0) is 14.1 Å². The summed E-state index contributed by atoms with van der Waals surface area (Å²) in [7, 11) is 3.23. The Bertz CT molecular complexity index is 1450. The maximum absolute atomic E-state index is 12.8. The molecule has 0 bridgehead atoms. The fourth-order valence-corrected chi connectivity index (χ4v) is 3.89. The van der Waals surface area contributed by atoms with Gasteiger partial charge >= 0.3 is 0 Å². The molecular formula is C22H20N8O4. The van der Waals surface area contributed by atoms with Crippen molar-refractivity contribution in [2.75, 3.05) is 5.32 Å². The molecule has 4 aromatic rings. The fourth-order valence-electron chi connectivity index (χ4n) is 3.89. The van der Waals surface area contributed by atoms with Gasteiger partial charge in [-0.1, -0.05) is 12.1 Å². The van der Waals surface area contributed by atoms with Crippen molar-refractivity contribution in [3.8, 4) is 11.8 Å². The summed E-state index contributed by atoms with van der Waals surface area (Å²) >= 11 is 0. The lowest BCUT2D eigenvalue weighted by molar-refractivity contribution is 0.101. The highest BCUT2D eigenvalue weighted by Crippen LogP contribution is 2.38. The zero-order valence-electron chi connectivity index (χ0n) is 18.5. The van der Waals surface area contributed by atoms with Crippen molar-refractivity contribution in [1.29, 1.82) is 5.26 Å². The average molecular weight is 460 g/mol. The molecule has 2 atom stereocenters. The number of carbonyl (C=O) groups excluding carboxylic acids is 1. The van der Waals surface area contributed by atoms with Crippen molar-refractivity contribution in [1.82, 2.24) is 29.5 Å². The number of hydrogen-bond acceptors (Lipinski definition) is 9. The van der Waals surface area contributed by atoms with Crippen LogP contribution in [0.25, 0.3) is 0 Å². The van der Waals surface area contributed by atoms with E-state index in [1.807, 2.05) is 6.92 Å². The Kier molecular flexibility index (Phi) is 5.92. The number of amides is 1. The molecule has 1 amide bonds. The molecule has 4 rings (SSSR count). The van der Waals surface area contributed by atoms with Crippen molar-refractivity contribution >= 4 is 11.6 Å². The van der Waals surface area contributed by atoms with Gasteiger partial charge in [-0.3, -0.25) is 23.8 Å². The highest BCUT2D eigenvalue weighted by Gasteiger charge is 2.31. The first-order valence-electron chi connectivity index (χ1n) is 10.1. The largest absolute Gasteiger partial charge is 0.501 e. The van der Waals surface area contributed by atoms with Gasteiger partial charge in [0.25, 0.3) is 11.5 Å². The van der Waals surface area contributed by atoms with Crippen LogP contribution in [0.3, 0.4) is 0 Å². The van der Waals surface area contributed by atoms with Crippen LogP contribution < -0.4 is 10.9 Å². The smallest absolute Gasteiger partial charge is 0.296 e. The minimum Gasteiger partial charge on any atom is -0.501 e. The number of hydrogen-bond donors (Lipinski definition) is 2. The molecule has 2 N–H and O–H groups in total. The van der Waals surface area contributed by atoms with Gasteiger partial charge in [-0.2, -0.15) is 10.4 Å². The van der Waals surface area contributed by atoms with E-state index in [9.17, 15) is 20.0 Å². The van der Waals surface area contributed by atoms with E-state index < -0.39 is 34.7 Å². The second-order valence-corrected chi connectivity index (χ2v) is 7.69. The summed E-state index contributed by atoms with van der Waals surface area (Å²) in [6, 6.07) is 3.88. The molecule has 2 unspecified atom stereocenters. The number of nitrogens with zero attached hydrogens (tertiary/aromatic N) is 7. The third-order valence-electron chi connectivity index (χ3n) is 5.51. The summed E-state index contributed by atoms with van der Waals surface area (Å²) in [5.74, 6) is -2.33. The van der Waals surface area contributed by atoms with Crippen LogP contribution in [0.4, 0.5) is 5.69 Å². The van der Waals surface area contributed by atoms with E-state index in [-0.39, 0.29) is 11.5 Å². The molecule has 0 saturated carbocycles. The molecule has 0 radical (unpaired) electrons. The van der Waals surface area contributed by atoms with Crippen LogP contribution in [-0.4, -0.2) is 40.5 Å². The van der Waals surface area contributed by atoms with Gasteiger partial charge < -0.3 is 14.9 Å². The second kappa shape index (κ2) is 8.99. The topological polar surface area (TPSA) is 165 Å². The second-order valence-electron chi connectivity index (χ2n) is 7.69. The van der Waals surface area contributed by atoms with E-state index >= 15 is 0 Å². The SMILES string of the molecule is CC(c1nc(C(=O)Nc2cnoc2)c(O)c(=O)n1C)C(c1cnn(C)c1)c1ccncc1C#N. The van der Waals surface area contributed by atoms with E-state index in [1.165, 1.54) is 30.3 Å². The van der Waals surface area contributed by atoms with Crippen LogP contribution in [0, 0.1) is 11.3 Å². The first kappa shape index (κ1) is 22.4. The predicted octanol–water partition coefficient (Wildman–Crippen LogP) is 1.66. The maximum Gasteiger partial charge on any atom is 0.296 e. The van der Waals surface area contributed by atoms with Gasteiger partial charge in [0.2, 0.25) is 5.75 Å². The Morgan fingerprint density at radius 2 is 2.09 bits per heavy atom. The summed E-state index contributed by atoms with van der Waals surface area (Å²) in [4.78, 5) is 34.0. The Labute approximate surface area is 193 Å². The van der Waals surface area contributed by atoms with Crippen LogP contribution in [0.15, 0.2) is 52.6 Å². The van der Waals surface area contributed by atoms with Crippen molar-refractivity contribution < 1.29 is 14.4 Å². The fraction of sp³-hybridized carbons (Fsp3) is 0.227. The standard InChI is InChI=1S/C22H20N8O4/c1-12(17(14-8-25-29(2)10-14)16-4-5-24-7-13(16)6-23)20-28-18(19(31)22(33)30(20)3)21(32)27-15-9-26-34-11-15/h4-5,7-12,17,31H,1-3H3,(H,27,32). The van der Waals surface area contributed by atoms with E-state index in [0.717, 1.165) is 5.56 Å². The number of anilines is 1. The normalized spacial score (nSPS) is 12.6. The molecule has 0 fully saturated rings. The summed E-state index contributed by atoms with van der Waals surface area (Å²) < 4.78 is 7.50. The molecule has 0 aromatic carbocycles. The van der Waals surface area contributed by atoms with Crippen LogP contribution in [0.1, 0.15) is 51.8 Å². The number of nitriles is 1. The Hall–Kier alpha value is -4.79. The van der Waals surface area contributed by atoms with Gasteiger partial charge in [0, 0.05) is 44.5 Å². The zero-order chi connectivity index (χ0) is 24.4. The van der Waals surface area contributed by atoms with E-state index in [2.05, 4.69) is 36.1 Å².